The fraction of sp³-hybridized carbons (Fsp3) is 0. The summed E-state index contributed by atoms with van der Waals surface area (Å²) in [5, 5.41) is 7.00. The molecule has 286 valence electrons. The van der Waals surface area contributed by atoms with E-state index in [0.29, 0.717) is 0 Å². The van der Waals surface area contributed by atoms with Crippen molar-refractivity contribution in [2.24, 2.45) is 0 Å². The molecule has 0 saturated heterocycles. The van der Waals surface area contributed by atoms with Crippen LogP contribution in [0, 0.1) is 0 Å². The first-order chi connectivity index (χ1) is 30.2. The Kier molecular flexibility index (Phi) is 8.17. The number of para-hydroxylation sites is 4. The molecule has 12 aromatic rings. The van der Waals surface area contributed by atoms with E-state index in [2.05, 4.69) is 205 Å². The molecule has 2 heterocycles. The first kappa shape index (κ1) is 34.9. The van der Waals surface area contributed by atoms with Gasteiger partial charge in [0, 0.05) is 49.7 Å². The van der Waals surface area contributed by atoms with Crippen molar-refractivity contribution in [1.82, 2.24) is 0 Å². The van der Waals surface area contributed by atoms with E-state index in [1.165, 1.54) is 27.5 Å². The molecule has 0 bridgehead atoms. The summed E-state index contributed by atoms with van der Waals surface area (Å²) in [4.78, 5) is 2.33. The molecular formula is C58H37NO2. The summed E-state index contributed by atoms with van der Waals surface area (Å²) in [6.45, 7) is 0. The summed E-state index contributed by atoms with van der Waals surface area (Å²) in [7, 11) is 0. The van der Waals surface area contributed by atoms with Crippen LogP contribution in [-0.2, 0) is 0 Å². The topological polar surface area (TPSA) is 29.5 Å². The Bertz CT molecular complexity index is 3420. The maximum absolute atomic E-state index is 6.43. The van der Waals surface area contributed by atoms with Gasteiger partial charge in [-0.1, -0.05) is 164 Å². The minimum Gasteiger partial charge on any atom is -0.455 e. The van der Waals surface area contributed by atoms with Crippen LogP contribution in [0.5, 0.6) is 0 Å². The Balaban J connectivity index is 0.925. The second-order valence-electron chi connectivity index (χ2n) is 15.7. The van der Waals surface area contributed by atoms with E-state index in [4.69, 9.17) is 8.83 Å². The third-order valence-corrected chi connectivity index (χ3v) is 12.1. The minimum atomic E-state index is 0.900. The molecule has 0 N–H and O–H groups in total. The van der Waals surface area contributed by atoms with E-state index in [0.717, 1.165) is 88.8 Å². The molecule has 0 saturated carbocycles. The molecule has 0 unspecified atom stereocenters. The number of fused-ring (bicyclic) bond motifs is 7. The molecule has 0 aliphatic carbocycles. The number of furan rings is 2. The Morgan fingerprint density at radius 1 is 0.262 bits per heavy atom. The second kappa shape index (κ2) is 14.3. The summed E-state index contributed by atoms with van der Waals surface area (Å²) in [5.74, 6) is 0. The van der Waals surface area contributed by atoms with Gasteiger partial charge in [-0.2, -0.15) is 0 Å². The molecular weight excluding hydrogens is 743 g/mol. The molecule has 0 fully saturated rings. The van der Waals surface area contributed by atoms with Crippen LogP contribution in [-0.4, -0.2) is 0 Å². The highest BCUT2D eigenvalue weighted by Crippen LogP contribution is 2.42. The highest BCUT2D eigenvalue weighted by molar-refractivity contribution is 6.10. The maximum Gasteiger partial charge on any atom is 0.143 e. The van der Waals surface area contributed by atoms with Crippen LogP contribution in [0.25, 0.3) is 99.2 Å². The van der Waals surface area contributed by atoms with Crippen LogP contribution in [0.1, 0.15) is 0 Å². The molecule has 2 aromatic heterocycles. The van der Waals surface area contributed by atoms with E-state index in [-0.39, 0.29) is 0 Å². The lowest BCUT2D eigenvalue weighted by atomic mass is 9.97. The zero-order chi connectivity index (χ0) is 40.3. The van der Waals surface area contributed by atoms with Crippen LogP contribution < -0.4 is 4.90 Å². The third-order valence-electron chi connectivity index (χ3n) is 12.1. The Morgan fingerprint density at radius 3 is 1.23 bits per heavy atom. The summed E-state index contributed by atoms with van der Waals surface area (Å²) in [6, 6.07) is 79.9. The van der Waals surface area contributed by atoms with Crippen LogP contribution in [0.15, 0.2) is 233 Å². The molecule has 12 rings (SSSR count). The van der Waals surface area contributed by atoms with Gasteiger partial charge in [0.25, 0.3) is 0 Å². The van der Waals surface area contributed by atoms with E-state index in [1.807, 2.05) is 24.3 Å². The smallest absolute Gasteiger partial charge is 0.143 e. The van der Waals surface area contributed by atoms with Gasteiger partial charge >= 0.3 is 0 Å². The van der Waals surface area contributed by atoms with Gasteiger partial charge in [0.05, 0.1) is 0 Å². The van der Waals surface area contributed by atoms with Crippen LogP contribution >= 0.6 is 0 Å². The number of nitrogens with zero attached hydrogens (tertiary/aromatic N) is 1. The van der Waals surface area contributed by atoms with Gasteiger partial charge in [-0.05, 0) is 105 Å². The molecule has 3 nitrogen and oxygen atoms in total. The average Bonchev–Trinajstić information content (AvgIpc) is 3.91. The van der Waals surface area contributed by atoms with Crippen molar-refractivity contribution in [3.05, 3.63) is 224 Å². The van der Waals surface area contributed by atoms with Gasteiger partial charge in [-0.15, -0.1) is 0 Å². The van der Waals surface area contributed by atoms with Crippen molar-refractivity contribution in [2.75, 3.05) is 4.90 Å². The van der Waals surface area contributed by atoms with Gasteiger partial charge in [0.1, 0.15) is 22.3 Å². The molecule has 0 atom stereocenters. The number of hydrogen-bond donors (Lipinski definition) is 0. The lowest BCUT2D eigenvalue weighted by Crippen LogP contribution is -2.09. The predicted octanol–water partition coefficient (Wildman–Crippen LogP) is 16.8. The lowest BCUT2D eigenvalue weighted by Gasteiger charge is -2.26. The standard InChI is InChI=1S/C58H37NO2/c1-2-11-42-37-45(23-22-38(42)10-1)44-13-7-12-43(36-44)39-24-30-46(31-25-39)59(47-32-26-40(27-33-47)49-16-8-18-53-51-14-3-5-20-55(51)60-57(49)53)48-34-28-41(29-35-48)50-17-9-19-54-52-15-4-6-21-56(52)61-58(50)54/h1-37H. The highest BCUT2D eigenvalue weighted by atomic mass is 16.3. The van der Waals surface area contributed by atoms with Crippen molar-refractivity contribution in [3.8, 4) is 44.5 Å². The number of benzene rings is 10. The molecule has 0 aliphatic rings. The van der Waals surface area contributed by atoms with Gasteiger partial charge in [-0.25, -0.2) is 0 Å². The van der Waals surface area contributed by atoms with Crippen molar-refractivity contribution < 1.29 is 8.83 Å². The van der Waals surface area contributed by atoms with Gasteiger partial charge < -0.3 is 13.7 Å². The molecule has 0 amide bonds. The molecule has 0 aliphatic heterocycles. The van der Waals surface area contributed by atoms with Crippen molar-refractivity contribution in [3.63, 3.8) is 0 Å². The van der Waals surface area contributed by atoms with E-state index in [9.17, 15) is 0 Å². The monoisotopic (exact) mass is 779 g/mol. The Morgan fingerprint density at radius 2 is 0.672 bits per heavy atom. The molecule has 10 aromatic carbocycles. The largest absolute Gasteiger partial charge is 0.455 e. The summed E-state index contributed by atoms with van der Waals surface area (Å²) in [5.41, 5.74) is 15.9. The zero-order valence-corrected chi connectivity index (χ0v) is 33.1. The molecule has 61 heavy (non-hydrogen) atoms. The summed E-state index contributed by atoms with van der Waals surface area (Å²) < 4.78 is 12.9. The number of anilines is 3. The average molecular weight is 780 g/mol. The number of hydrogen-bond acceptors (Lipinski definition) is 3. The van der Waals surface area contributed by atoms with E-state index >= 15 is 0 Å². The van der Waals surface area contributed by atoms with Gasteiger partial charge in [0.2, 0.25) is 0 Å². The Hall–Kier alpha value is -8.14. The van der Waals surface area contributed by atoms with Gasteiger partial charge in [0.15, 0.2) is 0 Å². The molecule has 0 radical (unpaired) electrons. The van der Waals surface area contributed by atoms with Crippen LogP contribution in [0.3, 0.4) is 0 Å². The predicted molar refractivity (Wildman–Crippen MR) is 255 cm³/mol. The molecule has 3 heteroatoms. The first-order valence-corrected chi connectivity index (χ1v) is 20.7. The van der Waals surface area contributed by atoms with E-state index < -0.39 is 0 Å². The van der Waals surface area contributed by atoms with Gasteiger partial charge in [-0.3, -0.25) is 0 Å². The third kappa shape index (κ3) is 6.06. The van der Waals surface area contributed by atoms with Crippen molar-refractivity contribution in [1.29, 1.82) is 0 Å². The van der Waals surface area contributed by atoms with Crippen LogP contribution in [0.4, 0.5) is 17.1 Å². The fourth-order valence-corrected chi connectivity index (χ4v) is 9.03. The number of rotatable bonds is 7. The van der Waals surface area contributed by atoms with Crippen molar-refractivity contribution in [2.45, 2.75) is 0 Å². The molecule has 0 spiro atoms. The summed E-state index contributed by atoms with van der Waals surface area (Å²) in [6.07, 6.45) is 0. The van der Waals surface area contributed by atoms with Crippen molar-refractivity contribution >= 4 is 71.7 Å². The van der Waals surface area contributed by atoms with E-state index in [1.54, 1.807) is 0 Å². The Labute approximate surface area is 353 Å². The quantitative estimate of drug-likeness (QED) is 0.161. The lowest BCUT2D eigenvalue weighted by molar-refractivity contribution is 0.669. The fourth-order valence-electron chi connectivity index (χ4n) is 9.03. The SMILES string of the molecule is c1cc(-c2ccc(N(c3ccc(-c4cccc5c4oc4ccccc45)cc3)c3ccc(-c4cccc5c4oc4ccccc45)cc3)cc2)cc(-c2ccc3ccccc3c2)c1. The zero-order valence-electron chi connectivity index (χ0n) is 33.1. The normalized spacial score (nSPS) is 11.6. The van der Waals surface area contributed by atoms with Crippen LogP contribution in [0.2, 0.25) is 0 Å². The first-order valence-electron chi connectivity index (χ1n) is 20.7. The maximum atomic E-state index is 6.43. The summed E-state index contributed by atoms with van der Waals surface area (Å²) >= 11 is 0. The highest BCUT2D eigenvalue weighted by Gasteiger charge is 2.17. The minimum absolute atomic E-state index is 0.900. The second-order valence-corrected chi connectivity index (χ2v) is 15.7.